The maximum Gasteiger partial charge on any atom is 0.440 e. The third kappa shape index (κ3) is 2.86. The van der Waals surface area contributed by atoms with Gasteiger partial charge in [-0.25, -0.2) is 4.79 Å². The Bertz CT molecular complexity index is 116. The Hall–Kier alpha value is -0.840. The number of hydroxylamine groups is 2. The first kappa shape index (κ1) is 8.16. The smallest absolute Gasteiger partial charge is 0.440 e. The molecule has 0 aromatic carbocycles. The lowest BCUT2D eigenvalue weighted by molar-refractivity contribution is -0.0350. The Labute approximate surface area is 58.0 Å². The fraction of sp³-hybridized carbons (Fsp3) is 0.500. The molecule has 0 saturated carbocycles. The van der Waals surface area contributed by atoms with E-state index in [1.165, 1.54) is 0 Å². The highest BCUT2D eigenvalue weighted by Gasteiger charge is 2.06. The van der Waals surface area contributed by atoms with Gasteiger partial charge in [0.1, 0.15) is 0 Å². The molecule has 0 radical (unpaired) electrons. The van der Waals surface area contributed by atoms with Crippen LogP contribution in [0.2, 0.25) is 0 Å². The molecule has 0 bridgehead atoms. The van der Waals surface area contributed by atoms with Crippen molar-refractivity contribution in [2.24, 2.45) is 0 Å². The van der Waals surface area contributed by atoms with E-state index < -0.39 is 6.09 Å². The van der Waals surface area contributed by atoms with Crippen LogP contribution in [-0.4, -0.2) is 28.4 Å². The average molecular weight is 149 g/mol. The van der Waals surface area contributed by atoms with Crippen LogP contribution in [0.25, 0.3) is 0 Å². The van der Waals surface area contributed by atoms with E-state index in [9.17, 15) is 4.79 Å². The standard InChI is InChI=1S/C4H7NO3S/c1-2-5(4(6)7)8-3-9/h3H,2H2,1H3,(H,6,7). The van der Waals surface area contributed by atoms with E-state index in [-0.39, 0.29) is 6.54 Å². The summed E-state index contributed by atoms with van der Waals surface area (Å²) in [5.74, 6) is 0. The Balaban J connectivity index is 3.67. The van der Waals surface area contributed by atoms with Gasteiger partial charge in [0.15, 0.2) is 5.55 Å². The minimum Gasteiger partial charge on any atom is -0.463 e. The molecule has 52 valence electrons. The second-order valence-electron chi connectivity index (χ2n) is 1.18. The minimum atomic E-state index is -1.14. The number of thiocarbonyl (C=S) groups is 1. The summed E-state index contributed by atoms with van der Waals surface area (Å²) in [6, 6.07) is 0. The molecule has 0 spiro atoms. The first-order valence-corrected chi connectivity index (χ1v) is 2.80. The maximum atomic E-state index is 10.1. The molecule has 0 rings (SSSR count). The van der Waals surface area contributed by atoms with Crippen molar-refractivity contribution in [3.63, 3.8) is 0 Å². The molecule has 0 unspecified atom stereocenters. The summed E-state index contributed by atoms with van der Waals surface area (Å²) in [5.41, 5.74) is 0.900. The van der Waals surface area contributed by atoms with Gasteiger partial charge in [-0.15, -0.1) is 5.06 Å². The lowest BCUT2D eigenvalue weighted by Gasteiger charge is -2.12. The Kier molecular flexibility index (Phi) is 3.70. The highest BCUT2D eigenvalue weighted by molar-refractivity contribution is 7.78. The summed E-state index contributed by atoms with van der Waals surface area (Å²) in [7, 11) is 0. The lowest BCUT2D eigenvalue weighted by atomic mass is 10.7. The molecule has 1 amide bonds. The summed E-state index contributed by atoms with van der Waals surface area (Å²) < 4.78 is 0. The molecule has 0 atom stereocenters. The van der Waals surface area contributed by atoms with Crippen molar-refractivity contribution in [3.8, 4) is 0 Å². The third-order valence-corrected chi connectivity index (χ3v) is 0.757. The largest absolute Gasteiger partial charge is 0.463 e. The number of rotatable bonds is 3. The lowest BCUT2D eigenvalue weighted by Crippen LogP contribution is -2.28. The number of hydrogen-bond donors (Lipinski definition) is 1. The first-order valence-electron chi connectivity index (χ1n) is 2.33. The van der Waals surface area contributed by atoms with Gasteiger partial charge >= 0.3 is 6.09 Å². The van der Waals surface area contributed by atoms with Crippen LogP contribution in [0.1, 0.15) is 6.92 Å². The van der Waals surface area contributed by atoms with Gasteiger partial charge in [-0.1, -0.05) is 0 Å². The molecule has 0 heterocycles. The van der Waals surface area contributed by atoms with E-state index in [2.05, 4.69) is 17.1 Å². The van der Waals surface area contributed by atoms with Crippen LogP contribution in [0, 0.1) is 0 Å². The van der Waals surface area contributed by atoms with Crippen molar-refractivity contribution in [2.75, 3.05) is 6.54 Å². The Morgan fingerprint density at radius 2 is 2.56 bits per heavy atom. The van der Waals surface area contributed by atoms with E-state index in [1.807, 2.05) is 0 Å². The molecule has 0 aromatic rings. The van der Waals surface area contributed by atoms with E-state index >= 15 is 0 Å². The second kappa shape index (κ2) is 4.08. The van der Waals surface area contributed by atoms with Crippen molar-refractivity contribution in [2.45, 2.75) is 6.92 Å². The number of hydrogen-bond acceptors (Lipinski definition) is 3. The van der Waals surface area contributed by atoms with Crippen molar-refractivity contribution in [3.05, 3.63) is 0 Å². The molecule has 0 aliphatic rings. The molecule has 5 heteroatoms. The van der Waals surface area contributed by atoms with E-state index in [0.29, 0.717) is 0 Å². The predicted octanol–water partition coefficient (Wildman–Crippen LogP) is 0.875. The van der Waals surface area contributed by atoms with Crippen molar-refractivity contribution < 1.29 is 14.7 Å². The zero-order chi connectivity index (χ0) is 7.28. The molecular weight excluding hydrogens is 142 g/mol. The van der Waals surface area contributed by atoms with Crippen molar-refractivity contribution >= 4 is 23.9 Å². The van der Waals surface area contributed by atoms with E-state index in [4.69, 9.17) is 5.11 Å². The van der Waals surface area contributed by atoms with Crippen molar-refractivity contribution in [1.82, 2.24) is 5.06 Å². The van der Waals surface area contributed by atoms with Gasteiger partial charge in [-0.3, -0.25) is 0 Å². The number of carbonyl (C=O) groups is 1. The van der Waals surface area contributed by atoms with Crippen LogP contribution in [0.15, 0.2) is 0 Å². The zero-order valence-electron chi connectivity index (χ0n) is 4.90. The molecule has 0 fully saturated rings. The summed E-state index contributed by atoms with van der Waals surface area (Å²) >= 11 is 4.26. The third-order valence-electron chi connectivity index (χ3n) is 0.671. The topological polar surface area (TPSA) is 49.8 Å². The molecule has 1 N–H and O–H groups in total. The van der Waals surface area contributed by atoms with Crippen LogP contribution in [0.4, 0.5) is 4.79 Å². The highest BCUT2D eigenvalue weighted by Crippen LogP contribution is 1.86. The van der Waals surface area contributed by atoms with E-state index in [1.54, 1.807) is 6.92 Å². The van der Waals surface area contributed by atoms with Gasteiger partial charge in [0.25, 0.3) is 0 Å². The monoisotopic (exact) mass is 149 g/mol. The van der Waals surface area contributed by atoms with Crippen LogP contribution < -0.4 is 0 Å². The molecule has 0 aliphatic heterocycles. The normalized spacial score (nSPS) is 8.11. The molecule has 0 aliphatic carbocycles. The van der Waals surface area contributed by atoms with Crippen LogP contribution in [0.3, 0.4) is 0 Å². The molecule has 0 saturated heterocycles. The summed E-state index contributed by atoms with van der Waals surface area (Å²) in [6.45, 7) is 1.91. The zero-order valence-corrected chi connectivity index (χ0v) is 5.72. The second-order valence-corrected chi connectivity index (χ2v) is 1.37. The molecule has 9 heavy (non-hydrogen) atoms. The van der Waals surface area contributed by atoms with Gasteiger partial charge in [-0.2, -0.15) is 0 Å². The average Bonchev–Trinajstić information content (AvgIpc) is 1.82. The Morgan fingerprint density at radius 3 is 2.67 bits per heavy atom. The SMILES string of the molecule is CCN(OC=S)C(=O)O. The van der Waals surface area contributed by atoms with Gasteiger partial charge in [0, 0.05) is 0 Å². The van der Waals surface area contributed by atoms with Gasteiger partial charge < -0.3 is 9.94 Å². The number of nitrogens with zero attached hydrogens (tertiary/aromatic N) is 1. The predicted molar refractivity (Wildman–Crippen MR) is 35.1 cm³/mol. The van der Waals surface area contributed by atoms with Crippen molar-refractivity contribution in [1.29, 1.82) is 0 Å². The van der Waals surface area contributed by atoms with Gasteiger partial charge in [0.05, 0.1) is 6.54 Å². The summed E-state index contributed by atoms with van der Waals surface area (Å²) in [4.78, 5) is 14.4. The number of amides is 1. The molecule has 4 nitrogen and oxygen atoms in total. The fourth-order valence-corrected chi connectivity index (χ4v) is 0.411. The van der Waals surface area contributed by atoms with Crippen LogP contribution in [-0.2, 0) is 4.84 Å². The summed E-state index contributed by atoms with van der Waals surface area (Å²) in [6.07, 6.45) is -1.14. The molecular formula is C4H7NO3S. The minimum absolute atomic E-state index is 0.266. The van der Waals surface area contributed by atoms with Crippen LogP contribution >= 0.6 is 12.2 Å². The fourth-order valence-electron chi connectivity index (χ4n) is 0.307. The Morgan fingerprint density at radius 1 is 2.00 bits per heavy atom. The van der Waals surface area contributed by atoms with Crippen LogP contribution in [0.5, 0.6) is 0 Å². The number of carboxylic acid groups (broad SMARTS) is 1. The highest BCUT2D eigenvalue weighted by atomic mass is 32.1. The quantitative estimate of drug-likeness (QED) is 0.478. The first-order chi connectivity index (χ1) is 4.22. The molecule has 0 aromatic heterocycles. The van der Waals surface area contributed by atoms with E-state index in [0.717, 1.165) is 10.6 Å². The maximum absolute atomic E-state index is 10.1. The summed E-state index contributed by atoms with van der Waals surface area (Å²) in [5, 5.41) is 8.97. The van der Waals surface area contributed by atoms with Gasteiger partial charge in [0.2, 0.25) is 0 Å². The van der Waals surface area contributed by atoms with Gasteiger partial charge in [-0.05, 0) is 19.1 Å².